The number of hydrogen-bond donors (Lipinski definition) is 1. The molecule has 2 aromatic rings. The molecule has 0 saturated heterocycles. The van der Waals surface area contributed by atoms with E-state index in [1.165, 1.54) is 43.2 Å². The summed E-state index contributed by atoms with van der Waals surface area (Å²) in [5.41, 5.74) is 0.846. The number of aryl methyl sites for hydroxylation is 1. The highest BCUT2D eigenvalue weighted by Gasteiger charge is 2.53. The number of rotatable bonds is 4. The zero-order chi connectivity index (χ0) is 19.5. The summed E-state index contributed by atoms with van der Waals surface area (Å²) in [5.74, 6) is 2.47. The molecule has 4 aliphatic carbocycles. The molecule has 4 fully saturated rings. The van der Waals surface area contributed by atoms with E-state index < -0.39 is 0 Å². The van der Waals surface area contributed by atoms with Crippen LogP contribution >= 0.6 is 0 Å². The van der Waals surface area contributed by atoms with Gasteiger partial charge in [0, 0.05) is 11.4 Å². The highest BCUT2D eigenvalue weighted by Crippen LogP contribution is 2.61. The molecule has 1 atom stereocenters. The predicted octanol–water partition coefficient (Wildman–Crippen LogP) is 3.43. The minimum absolute atomic E-state index is 0.0127. The Bertz CT molecular complexity index is 958. The Hall–Kier alpha value is -2.17. The number of amides is 1. The third kappa shape index (κ3) is 2.87. The van der Waals surface area contributed by atoms with Crippen LogP contribution in [0.3, 0.4) is 0 Å². The van der Waals surface area contributed by atoms with Gasteiger partial charge in [-0.3, -0.25) is 9.59 Å². The SMILES string of the molecule is Cc1nn(CC(=O)NC(C)C23CC4CC(CC(C4)C2)C3)c(=O)c2ccccc12. The molecule has 0 aliphatic heterocycles. The summed E-state index contributed by atoms with van der Waals surface area (Å²) in [6.45, 7) is 4.04. The Morgan fingerprint density at radius 3 is 2.32 bits per heavy atom. The van der Waals surface area contributed by atoms with E-state index in [0.29, 0.717) is 5.39 Å². The second kappa shape index (κ2) is 6.43. The Morgan fingerprint density at radius 2 is 1.71 bits per heavy atom. The van der Waals surface area contributed by atoms with Crippen LogP contribution in [0, 0.1) is 30.1 Å². The summed E-state index contributed by atoms with van der Waals surface area (Å²) < 4.78 is 1.32. The number of nitrogens with zero attached hydrogens (tertiary/aromatic N) is 2. The standard InChI is InChI=1S/C23H29N3O2/c1-14-19-5-3-4-6-20(19)22(28)26(25-14)13-21(27)24-15(2)23-10-16-7-17(11-23)9-18(8-16)12-23/h3-6,15-18H,7-13H2,1-2H3,(H,24,27). The molecule has 6 rings (SSSR count). The molecule has 4 bridgehead atoms. The normalized spacial score (nSPS) is 31.9. The van der Waals surface area contributed by atoms with Crippen LogP contribution in [0.2, 0.25) is 0 Å². The molecule has 5 heteroatoms. The maximum absolute atomic E-state index is 12.8. The van der Waals surface area contributed by atoms with Gasteiger partial charge in [-0.2, -0.15) is 5.10 Å². The van der Waals surface area contributed by atoms with Crippen molar-refractivity contribution in [2.24, 2.45) is 23.2 Å². The van der Waals surface area contributed by atoms with Crippen molar-refractivity contribution in [3.8, 4) is 0 Å². The molecule has 5 nitrogen and oxygen atoms in total. The summed E-state index contributed by atoms with van der Waals surface area (Å²) in [5, 5.41) is 9.10. The fourth-order valence-corrected chi connectivity index (χ4v) is 6.80. The Balaban J connectivity index is 1.34. The molecule has 1 N–H and O–H groups in total. The summed E-state index contributed by atoms with van der Waals surface area (Å²) >= 11 is 0. The number of hydrogen-bond acceptors (Lipinski definition) is 3. The quantitative estimate of drug-likeness (QED) is 0.885. The predicted molar refractivity (Wildman–Crippen MR) is 109 cm³/mol. The van der Waals surface area contributed by atoms with Crippen LogP contribution < -0.4 is 10.9 Å². The summed E-state index contributed by atoms with van der Waals surface area (Å²) in [4.78, 5) is 25.5. The van der Waals surface area contributed by atoms with Crippen molar-refractivity contribution < 1.29 is 4.79 Å². The van der Waals surface area contributed by atoms with Crippen molar-refractivity contribution in [2.45, 2.75) is 65.0 Å². The van der Waals surface area contributed by atoms with Gasteiger partial charge in [-0.15, -0.1) is 0 Å². The van der Waals surface area contributed by atoms with E-state index in [0.717, 1.165) is 28.8 Å². The van der Waals surface area contributed by atoms with Crippen LogP contribution in [0.1, 0.15) is 51.1 Å². The molecular formula is C23H29N3O2. The molecule has 1 amide bonds. The number of nitrogens with one attached hydrogen (secondary N) is 1. The van der Waals surface area contributed by atoms with Gasteiger partial charge in [-0.25, -0.2) is 4.68 Å². The van der Waals surface area contributed by atoms with Gasteiger partial charge < -0.3 is 5.32 Å². The molecule has 1 heterocycles. The molecule has 28 heavy (non-hydrogen) atoms. The van der Waals surface area contributed by atoms with Gasteiger partial charge in [-0.1, -0.05) is 18.2 Å². The minimum atomic E-state index is -0.196. The maximum atomic E-state index is 12.8. The first-order valence-corrected chi connectivity index (χ1v) is 10.7. The van der Waals surface area contributed by atoms with E-state index in [9.17, 15) is 9.59 Å². The van der Waals surface area contributed by atoms with Crippen LogP contribution in [0.4, 0.5) is 0 Å². The van der Waals surface area contributed by atoms with Crippen molar-refractivity contribution in [1.82, 2.24) is 15.1 Å². The molecule has 148 valence electrons. The largest absolute Gasteiger partial charge is 0.351 e. The Morgan fingerprint density at radius 1 is 1.14 bits per heavy atom. The van der Waals surface area contributed by atoms with Gasteiger partial charge in [0.1, 0.15) is 6.54 Å². The smallest absolute Gasteiger partial charge is 0.275 e. The maximum Gasteiger partial charge on any atom is 0.275 e. The molecular weight excluding hydrogens is 350 g/mol. The number of carbonyl (C=O) groups is 1. The second-order valence-corrected chi connectivity index (χ2v) is 9.66. The van der Waals surface area contributed by atoms with Gasteiger partial charge in [0.2, 0.25) is 5.91 Å². The topological polar surface area (TPSA) is 64.0 Å². The van der Waals surface area contributed by atoms with Crippen LogP contribution in [-0.4, -0.2) is 21.7 Å². The molecule has 1 aromatic heterocycles. The monoisotopic (exact) mass is 379 g/mol. The number of benzene rings is 1. The zero-order valence-electron chi connectivity index (χ0n) is 16.8. The fourth-order valence-electron chi connectivity index (χ4n) is 6.80. The minimum Gasteiger partial charge on any atom is -0.351 e. The van der Waals surface area contributed by atoms with E-state index in [1.807, 2.05) is 25.1 Å². The van der Waals surface area contributed by atoms with E-state index in [4.69, 9.17) is 0 Å². The highest BCUT2D eigenvalue weighted by atomic mass is 16.2. The first-order valence-electron chi connectivity index (χ1n) is 10.7. The van der Waals surface area contributed by atoms with Crippen molar-refractivity contribution in [2.75, 3.05) is 0 Å². The summed E-state index contributed by atoms with van der Waals surface area (Å²) in [7, 11) is 0. The van der Waals surface area contributed by atoms with Crippen molar-refractivity contribution >= 4 is 16.7 Å². The highest BCUT2D eigenvalue weighted by molar-refractivity contribution is 5.83. The van der Waals surface area contributed by atoms with Gasteiger partial charge in [-0.05, 0) is 81.6 Å². The average molecular weight is 380 g/mol. The van der Waals surface area contributed by atoms with Crippen molar-refractivity contribution in [3.63, 3.8) is 0 Å². The zero-order valence-corrected chi connectivity index (χ0v) is 16.8. The van der Waals surface area contributed by atoms with Gasteiger partial charge >= 0.3 is 0 Å². The molecule has 1 aromatic carbocycles. The van der Waals surface area contributed by atoms with E-state index >= 15 is 0 Å². The number of aromatic nitrogens is 2. The average Bonchev–Trinajstić information content (AvgIpc) is 2.65. The second-order valence-electron chi connectivity index (χ2n) is 9.66. The Labute approximate surface area is 165 Å². The van der Waals surface area contributed by atoms with Crippen LogP contribution in [-0.2, 0) is 11.3 Å². The van der Waals surface area contributed by atoms with Crippen LogP contribution in [0.25, 0.3) is 10.8 Å². The molecule has 4 aliphatic rings. The Kier molecular flexibility index (Phi) is 4.11. The lowest BCUT2D eigenvalue weighted by Crippen LogP contribution is -2.56. The van der Waals surface area contributed by atoms with Gasteiger partial charge in [0.15, 0.2) is 0 Å². The summed E-state index contributed by atoms with van der Waals surface area (Å²) in [6.07, 6.45) is 7.97. The lowest BCUT2D eigenvalue weighted by atomic mass is 9.48. The van der Waals surface area contributed by atoms with Gasteiger partial charge in [0.05, 0.1) is 11.1 Å². The van der Waals surface area contributed by atoms with Crippen LogP contribution in [0.15, 0.2) is 29.1 Å². The molecule has 0 radical (unpaired) electrons. The van der Waals surface area contributed by atoms with Crippen molar-refractivity contribution in [3.05, 3.63) is 40.3 Å². The first-order chi connectivity index (χ1) is 13.4. The lowest BCUT2D eigenvalue weighted by molar-refractivity contribution is -0.126. The molecule has 4 saturated carbocycles. The van der Waals surface area contributed by atoms with E-state index in [-0.39, 0.29) is 29.5 Å². The van der Waals surface area contributed by atoms with E-state index in [1.54, 1.807) is 6.07 Å². The number of fused-ring (bicyclic) bond motifs is 1. The van der Waals surface area contributed by atoms with Crippen molar-refractivity contribution in [1.29, 1.82) is 0 Å². The van der Waals surface area contributed by atoms with E-state index in [2.05, 4.69) is 17.3 Å². The third-order valence-corrected chi connectivity index (χ3v) is 7.73. The number of carbonyl (C=O) groups excluding carboxylic acids is 1. The van der Waals surface area contributed by atoms with Gasteiger partial charge in [0.25, 0.3) is 5.56 Å². The lowest BCUT2D eigenvalue weighted by Gasteiger charge is -2.59. The fraction of sp³-hybridized carbons (Fsp3) is 0.609. The molecule has 1 unspecified atom stereocenters. The molecule has 0 spiro atoms. The van der Waals surface area contributed by atoms with Crippen LogP contribution in [0.5, 0.6) is 0 Å². The first kappa shape index (κ1) is 17.9. The third-order valence-electron chi connectivity index (χ3n) is 7.73. The summed E-state index contributed by atoms with van der Waals surface area (Å²) in [6, 6.07) is 7.62.